The molecule has 0 bridgehead atoms. The number of nitrogens with two attached hydrogens (primary N) is 1. The summed E-state index contributed by atoms with van der Waals surface area (Å²) in [6, 6.07) is 1.63. The Morgan fingerprint density at radius 2 is 2.50 bits per heavy atom. The average molecular weight is 224 g/mol. The van der Waals surface area contributed by atoms with Crippen LogP contribution in [0.2, 0.25) is 0 Å². The van der Waals surface area contributed by atoms with Gasteiger partial charge in [-0.05, 0) is 25.8 Å². The lowest BCUT2D eigenvalue weighted by molar-refractivity contribution is -0.126. The summed E-state index contributed by atoms with van der Waals surface area (Å²) >= 11 is 0. The fraction of sp³-hybridized carbons (Fsp3) is 0.818. The molecule has 0 aromatic carbocycles. The molecule has 5 nitrogen and oxygen atoms in total. The second-order valence-corrected chi connectivity index (χ2v) is 4.28. The molecule has 0 aromatic rings. The van der Waals surface area contributed by atoms with E-state index in [-0.39, 0.29) is 17.9 Å². The standard InChI is InChI=1S/C11H20N4O/c1-14-11(16)9-3-2-5-15(8-9)6-4-10(13)7-12/h9-10H,2-6,8,13H2,1H3,(H,14,16). The van der Waals surface area contributed by atoms with E-state index >= 15 is 0 Å². The Bertz CT molecular complexity index is 274. The van der Waals surface area contributed by atoms with Crippen molar-refractivity contribution < 1.29 is 4.79 Å². The van der Waals surface area contributed by atoms with E-state index in [0.717, 1.165) is 32.5 Å². The van der Waals surface area contributed by atoms with E-state index in [2.05, 4.69) is 10.2 Å². The molecule has 90 valence electrons. The number of carbonyl (C=O) groups excluding carboxylic acids is 1. The van der Waals surface area contributed by atoms with Crippen LogP contribution >= 0.6 is 0 Å². The molecule has 0 aromatic heterocycles. The summed E-state index contributed by atoms with van der Waals surface area (Å²) in [6.45, 7) is 2.60. The Morgan fingerprint density at radius 1 is 1.75 bits per heavy atom. The largest absolute Gasteiger partial charge is 0.359 e. The van der Waals surface area contributed by atoms with E-state index in [4.69, 9.17) is 11.0 Å². The minimum absolute atomic E-state index is 0.0945. The van der Waals surface area contributed by atoms with E-state index in [1.54, 1.807) is 7.05 Å². The van der Waals surface area contributed by atoms with Crippen molar-refractivity contribution in [3.63, 3.8) is 0 Å². The van der Waals surface area contributed by atoms with Gasteiger partial charge in [0.1, 0.15) is 0 Å². The van der Waals surface area contributed by atoms with Crippen molar-refractivity contribution in [1.29, 1.82) is 5.26 Å². The molecule has 1 fully saturated rings. The molecule has 5 heteroatoms. The highest BCUT2D eigenvalue weighted by atomic mass is 16.1. The minimum atomic E-state index is -0.389. The molecule has 1 amide bonds. The molecule has 3 N–H and O–H groups in total. The van der Waals surface area contributed by atoms with Gasteiger partial charge in [0.05, 0.1) is 18.0 Å². The van der Waals surface area contributed by atoms with Gasteiger partial charge in [0.25, 0.3) is 0 Å². The van der Waals surface area contributed by atoms with Gasteiger partial charge in [0, 0.05) is 20.1 Å². The van der Waals surface area contributed by atoms with E-state index in [1.807, 2.05) is 6.07 Å². The number of nitrogens with zero attached hydrogens (tertiary/aromatic N) is 2. The van der Waals surface area contributed by atoms with Crippen LogP contribution in [0.4, 0.5) is 0 Å². The van der Waals surface area contributed by atoms with Crippen molar-refractivity contribution in [1.82, 2.24) is 10.2 Å². The Kier molecular flexibility index (Phi) is 5.23. The topological polar surface area (TPSA) is 82.2 Å². The highest BCUT2D eigenvalue weighted by molar-refractivity contribution is 5.78. The van der Waals surface area contributed by atoms with Crippen LogP contribution in [-0.4, -0.2) is 43.5 Å². The third-order valence-corrected chi connectivity index (χ3v) is 3.04. The summed E-state index contributed by atoms with van der Waals surface area (Å²) in [5, 5.41) is 11.3. The molecule has 0 aliphatic carbocycles. The summed E-state index contributed by atoms with van der Waals surface area (Å²) in [5.41, 5.74) is 5.54. The SMILES string of the molecule is CNC(=O)C1CCCN(CCC(N)C#N)C1. The van der Waals surface area contributed by atoms with Crippen LogP contribution in [0.3, 0.4) is 0 Å². The smallest absolute Gasteiger partial charge is 0.224 e. The molecule has 1 aliphatic rings. The number of piperidine rings is 1. The molecule has 1 rings (SSSR count). The second kappa shape index (κ2) is 6.46. The van der Waals surface area contributed by atoms with Gasteiger partial charge in [-0.25, -0.2) is 0 Å². The Hall–Kier alpha value is -1.12. The monoisotopic (exact) mass is 224 g/mol. The highest BCUT2D eigenvalue weighted by Gasteiger charge is 2.24. The first kappa shape index (κ1) is 12.9. The lowest BCUT2D eigenvalue weighted by Gasteiger charge is -2.31. The molecular weight excluding hydrogens is 204 g/mol. The van der Waals surface area contributed by atoms with Crippen molar-refractivity contribution in [2.45, 2.75) is 25.3 Å². The van der Waals surface area contributed by atoms with Gasteiger partial charge >= 0.3 is 0 Å². The molecule has 2 atom stereocenters. The normalized spacial score (nSPS) is 23.4. The van der Waals surface area contributed by atoms with Crippen LogP contribution in [0, 0.1) is 17.2 Å². The fourth-order valence-corrected chi connectivity index (χ4v) is 2.06. The maximum atomic E-state index is 11.5. The lowest BCUT2D eigenvalue weighted by Crippen LogP contribution is -2.43. The van der Waals surface area contributed by atoms with Gasteiger partial charge in [0.15, 0.2) is 0 Å². The first-order chi connectivity index (χ1) is 7.67. The van der Waals surface area contributed by atoms with Crippen molar-refractivity contribution >= 4 is 5.91 Å². The minimum Gasteiger partial charge on any atom is -0.359 e. The third-order valence-electron chi connectivity index (χ3n) is 3.04. The maximum Gasteiger partial charge on any atom is 0.224 e. The van der Waals surface area contributed by atoms with E-state index < -0.39 is 0 Å². The molecule has 1 aliphatic heterocycles. The van der Waals surface area contributed by atoms with Crippen molar-refractivity contribution in [2.24, 2.45) is 11.7 Å². The third kappa shape index (κ3) is 3.80. The van der Waals surface area contributed by atoms with Crippen LogP contribution in [0.15, 0.2) is 0 Å². The van der Waals surface area contributed by atoms with Gasteiger partial charge < -0.3 is 16.0 Å². The van der Waals surface area contributed by atoms with Crippen molar-refractivity contribution in [3.8, 4) is 6.07 Å². The molecule has 0 spiro atoms. The summed E-state index contributed by atoms with van der Waals surface area (Å²) in [4.78, 5) is 13.7. The van der Waals surface area contributed by atoms with E-state index in [0.29, 0.717) is 6.42 Å². The van der Waals surface area contributed by atoms with Gasteiger partial charge in [-0.3, -0.25) is 4.79 Å². The van der Waals surface area contributed by atoms with Gasteiger partial charge in [-0.2, -0.15) is 5.26 Å². The predicted molar refractivity (Wildman–Crippen MR) is 61.4 cm³/mol. The van der Waals surface area contributed by atoms with Crippen LogP contribution in [-0.2, 0) is 4.79 Å². The zero-order valence-electron chi connectivity index (χ0n) is 9.78. The van der Waals surface area contributed by atoms with Gasteiger partial charge in [0.2, 0.25) is 5.91 Å². The van der Waals surface area contributed by atoms with Crippen LogP contribution in [0.5, 0.6) is 0 Å². The summed E-state index contributed by atoms with van der Waals surface area (Å²) in [7, 11) is 1.67. The van der Waals surface area contributed by atoms with Gasteiger partial charge in [-0.1, -0.05) is 0 Å². The highest BCUT2D eigenvalue weighted by Crippen LogP contribution is 2.16. The van der Waals surface area contributed by atoms with E-state index in [1.165, 1.54) is 0 Å². The Balaban J connectivity index is 2.33. The van der Waals surface area contributed by atoms with Gasteiger partial charge in [-0.15, -0.1) is 0 Å². The average Bonchev–Trinajstić information content (AvgIpc) is 2.35. The second-order valence-electron chi connectivity index (χ2n) is 4.28. The quantitative estimate of drug-likeness (QED) is 0.686. The molecule has 2 unspecified atom stereocenters. The zero-order valence-corrected chi connectivity index (χ0v) is 9.78. The van der Waals surface area contributed by atoms with E-state index in [9.17, 15) is 4.79 Å². The number of nitrogens with one attached hydrogen (secondary N) is 1. The first-order valence-corrected chi connectivity index (χ1v) is 5.76. The van der Waals surface area contributed by atoms with Crippen molar-refractivity contribution in [2.75, 3.05) is 26.7 Å². The first-order valence-electron chi connectivity index (χ1n) is 5.76. The molecular formula is C11H20N4O. The predicted octanol–water partition coefficient (Wildman–Crippen LogP) is -0.315. The maximum absolute atomic E-state index is 11.5. The number of carbonyl (C=O) groups is 1. The van der Waals surface area contributed by atoms with Crippen LogP contribution < -0.4 is 11.1 Å². The fourth-order valence-electron chi connectivity index (χ4n) is 2.06. The molecule has 0 radical (unpaired) electrons. The zero-order chi connectivity index (χ0) is 12.0. The molecule has 0 saturated carbocycles. The number of rotatable bonds is 4. The number of hydrogen-bond donors (Lipinski definition) is 2. The number of hydrogen-bond acceptors (Lipinski definition) is 4. The molecule has 16 heavy (non-hydrogen) atoms. The lowest BCUT2D eigenvalue weighted by atomic mass is 9.97. The van der Waals surface area contributed by atoms with Crippen LogP contribution in [0.25, 0.3) is 0 Å². The summed E-state index contributed by atoms with van der Waals surface area (Å²) in [5.74, 6) is 0.214. The Morgan fingerprint density at radius 3 is 3.12 bits per heavy atom. The summed E-state index contributed by atoms with van der Waals surface area (Å²) in [6.07, 6.45) is 2.68. The Labute approximate surface area is 96.6 Å². The number of likely N-dealkylation sites (tertiary alicyclic amines) is 1. The molecule has 1 heterocycles. The number of amides is 1. The number of nitriles is 1. The van der Waals surface area contributed by atoms with Crippen LogP contribution in [0.1, 0.15) is 19.3 Å². The molecule has 1 saturated heterocycles. The van der Waals surface area contributed by atoms with Crippen molar-refractivity contribution in [3.05, 3.63) is 0 Å². The summed E-state index contributed by atoms with van der Waals surface area (Å²) < 4.78 is 0.